The maximum absolute atomic E-state index is 13.0. The highest BCUT2D eigenvalue weighted by atomic mass is 35.5. The quantitative estimate of drug-likeness (QED) is 0.748. The van der Waals surface area contributed by atoms with Crippen LogP contribution >= 0.6 is 11.6 Å². The first-order valence-electron chi connectivity index (χ1n) is 3.47. The van der Waals surface area contributed by atoms with Crippen molar-refractivity contribution in [1.29, 1.82) is 0 Å². The molecule has 1 atom stereocenters. The number of rotatable bonds is 2. The third-order valence-electron chi connectivity index (χ3n) is 1.53. The molecular formula is C8H9ClFNO. The van der Waals surface area contributed by atoms with Gasteiger partial charge in [-0.05, 0) is 18.2 Å². The number of hydrogen-bond donors (Lipinski definition) is 2. The minimum absolute atomic E-state index is 0.114. The lowest BCUT2D eigenvalue weighted by molar-refractivity contribution is 0.338. The van der Waals surface area contributed by atoms with Gasteiger partial charge in [-0.2, -0.15) is 0 Å². The van der Waals surface area contributed by atoms with Crippen LogP contribution in [0.1, 0.15) is 11.7 Å². The Hall–Kier alpha value is -0.800. The monoisotopic (exact) mass is 189 g/mol. The minimum Gasteiger partial charge on any atom is -0.508 e. The third kappa shape index (κ3) is 1.87. The number of phenolic OH excluding ortho intramolecular Hbond substituents is 1. The molecule has 0 aromatic heterocycles. The van der Waals surface area contributed by atoms with Crippen LogP contribution in [0.15, 0.2) is 18.2 Å². The van der Waals surface area contributed by atoms with Crippen molar-refractivity contribution in [2.24, 2.45) is 5.73 Å². The van der Waals surface area contributed by atoms with Gasteiger partial charge in [-0.1, -0.05) is 11.6 Å². The predicted molar refractivity (Wildman–Crippen MR) is 46.0 cm³/mol. The summed E-state index contributed by atoms with van der Waals surface area (Å²) in [4.78, 5) is 0. The van der Waals surface area contributed by atoms with E-state index in [-0.39, 0.29) is 17.9 Å². The van der Waals surface area contributed by atoms with Crippen LogP contribution in [-0.4, -0.2) is 11.7 Å². The Bertz CT molecular complexity index is 280. The average molecular weight is 190 g/mol. The number of halogens is 2. The summed E-state index contributed by atoms with van der Waals surface area (Å²) in [5.41, 5.74) is 5.24. The van der Waals surface area contributed by atoms with Crippen molar-refractivity contribution in [2.45, 2.75) is 6.17 Å². The molecule has 66 valence electrons. The summed E-state index contributed by atoms with van der Waals surface area (Å²) >= 11 is 5.60. The first-order chi connectivity index (χ1) is 5.65. The molecule has 0 amide bonds. The zero-order valence-corrected chi connectivity index (χ0v) is 7.05. The molecular weight excluding hydrogens is 181 g/mol. The lowest BCUT2D eigenvalue weighted by atomic mass is 10.1. The van der Waals surface area contributed by atoms with Crippen molar-refractivity contribution in [3.63, 3.8) is 0 Å². The highest BCUT2D eigenvalue weighted by molar-refractivity contribution is 6.30. The molecule has 1 rings (SSSR count). The molecule has 0 heterocycles. The van der Waals surface area contributed by atoms with Crippen LogP contribution in [0.3, 0.4) is 0 Å². The zero-order valence-electron chi connectivity index (χ0n) is 6.30. The standard InChI is InChI=1S/C8H9ClFNO/c9-5-1-2-8(12)6(3-5)7(10)4-11/h1-3,7,12H,4,11H2. The Morgan fingerprint density at radius 2 is 2.25 bits per heavy atom. The SMILES string of the molecule is NCC(F)c1cc(Cl)ccc1O. The molecule has 12 heavy (non-hydrogen) atoms. The van der Waals surface area contributed by atoms with Crippen molar-refractivity contribution in [1.82, 2.24) is 0 Å². The van der Waals surface area contributed by atoms with Crippen LogP contribution in [0, 0.1) is 0 Å². The number of phenols is 1. The molecule has 0 aliphatic rings. The molecule has 1 aromatic rings. The van der Waals surface area contributed by atoms with Gasteiger partial charge in [0.2, 0.25) is 0 Å². The number of nitrogens with two attached hydrogens (primary N) is 1. The summed E-state index contributed by atoms with van der Waals surface area (Å²) < 4.78 is 13.0. The molecule has 0 spiro atoms. The van der Waals surface area contributed by atoms with Crippen molar-refractivity contribution in [2.75, 3.05) is 6.54 Å². The van der Waals surface area contributed by atoms with Gasteiger partial charge in [0, 0.05) is 17.1 Å². The molecule has 0 saturated heterocycles. The van der Waals surface area contributed by atoms with E-state index in [2.05, 4.69) is 0 Å². The van der Waals surface area contributed by atoms with E-state index >= 15 is 0 Å². The molecule has 0 aliphatic carbocycles. The second kappa shape index (κ2) is 3.74. The van der Waals surface area contributed by atoms with Crippen LogP contribution in [0.25, 0.3) is 0 Å². The van der Waals surface area contributed by atoms with E-state index in [1.807, 2.05) is 0 Å². The second-order valence-electron chi connectivity index (χ2n) is 2.41. The van der Waals surface area contributed by atoms with Crippen LogP contribution in [0.2, 0.25) is 5.02 Å². The van der Waals surface area contributed by atoms with Gasteiger partial charge < -0.3 is 10.8 Å². The summed E-state index contributed by atoms with van der Waals surface area (Å²) in [6.07, 6.45) is -1.36. The fourth-order valence-corrected chi connectivity index (χ4v) is 1.08. The predicted octanol–water partition coefficient (Wildman–Crippen LogP) is 2.01. The van der Waals surface area contributed by atoms with E-state index in [4.69, 9.17) is 17.3 Å². The zero-order chi connectivity index (χ0) is 9.14. The second-order valence-corrected chi connectivity index (χ2v) is 2.84. The van der Waals surface area contributed by atoms with Gasteiger partial charge in [0.05, 0.1) is 0 Å². The largest absolute Gasteiger partial charge is 0.508 e. The normalized spacial score (nSPS) is 12.9. The van der Waals surface area contributed by atoms with Crippen molar-refractivity contribution < 1.29 is 9.50 Å². The van der Waals surface area contributed by atoms with Gasteiger partial charge in [0.25, 0.3) is 0 Å². The number of hydrogen-bond acceptors (Lipinski definition) is 2. The lowest BCUT2D eigenvalue weighted by Gasteiger charge is -2.07. The number of benzene rings is 1. The average Bonchev–Trinajstić information content (AvgIpc) is 2.08. The molecule has 1 unspecified atom stereocenters. The Morgan fingerprint density at radius 3 is 2.83 bits per heavy atom. The Kier molecular flexibility index (Phi) is 2.89. The van der Waals surface area contributed by atoms with Crippen molar-refractivity contribution in [3.8, 4) is 5.75 Å². The number of aromatic hydroxyl groups is 1. The van der Waals surface area contributed by atoms with Crippen molar-refractivity contribution in [3.05, 3.63) is 28.8 Å². The molecule has 0 aliphatic heterocycles. The molecule has 4 heteroatoms. The molecule has 2 nitrogen and oxygen atoms in total. The summed E-state index contributed by atoms with van der Waals surface area (Å²) in [6.45, 7) is -0.159. The Labute approximate surface area is 74.8 Å². The Morgan fingerprint density at radius 1 is 1.58 bits per heavy atom. The van der Waals surface area contributed by atoms with Crippen LogP contribution in [-0.2, 0) is 0 Å². The van der Waals surface area contributed by atoms with Gasteiger partial charge in [0.1, 0.15) is 11.9 Å². The van der Waals surface area contributed by atoms with E-state index in [1.165, 1.54) is 18.2 Å². The van der Waals surface area contributed by atoms with E-state index in [1.54, 1.807) is 0 Å². The Balaban J connectivity index is 3.04. The fourth-order valence-electron chi connectivity index (χ4n) is 0.903. The van der Waals surface area contributed by atoms with Crippen molar-refractivity contribution >= 4 is 11.6 Å². The van der Waals surface area contributed by atoms with E-state index in [0.29, 0.717) is 5.02 Å². The molecule has 0 bridgehead atoms. The first kappa shape index (κ1) is 9.29. The van der Waals surface area contributed by atoms with Crippen LogP contribution < -0.4 is 5.73 Å². The molecule has 0 fully saturated rings. The van der Waals surface area contributed by atoms with Crippen LogP contribution in [0.4, 0.5) is 4.39 Å². The summed E-state index contributed by atoms with van der Waals surface area (Å²) in [5, 5.41) is 9.57. The lowest BCUT2D eigenvalue weighted by Crippen LogP contribution is -2.07. The van der Waals surface area contributed by atoms with Crippen LogP contribution in [0.5, 0.6) is 5.75 Å². The molecule has 0 radical (unpaired) electrons. The topological polar surface area (TPSA) is 46.2 Å². The number of alkyl halides is 1. The highest BCUT2D eigenvalue weighted by Crippen LogP contribution is 2.28. The minimum atomic E-state index is -1.36. The van der Waals surface area contributed by atoms with E-state index in [0.717, 1.165) is 0 Å². The highest BCUT2D eigenvalue weighted by Gasteiger charge is 2.12. The van der Waals surface area contributed by atoms with Gasteiger partial charge in [-0.3, -0.25) is 0 Å². The van der Waals surface area contributed by atoms with Gasteiger partial charge in [0.15, 0.2) is 0 Å². The molecule has 1 aromatic carbocycles. The summed E-state index contributed by atoms with van der Waals surface area (Å²) in [5.74, 6) is -0.114. The third-order valence-corrected chi connectivity index (χ3v) is 1.77. The summed E-state index contributed by atoms with van der Waals surface area (Å²) in [6, 6.07) is 4.21. The maximum Gasteiger partial charge on any atom is 0.141 e. The summed E-state index contributed by atoms with van der Waals surface area (Å²) in [7, 11) is 0. The molecule has 3 N–H and O–H groups in total. The first-order valence-corrected chi connectivity index (χ1v) is 3.85. The maximum atomic E-state index is 13.0. The molecule has 0 saturated carbocycles. The van der Waals surface area contributed by atoms with E-state index < -0.39 is 6.17 Å². The van der Waals surface area contributed by atoms with Gasteiger partial charge in [-0.25, -0.2) is 4.39 Å². The van der Waals surface area contributed by atoms with E-state index in [9.17, 15) is 9.50 Å². The smallest absolute Gasteiger partial charge is 0.141 e. The van der Waals surface area contributed by atoms with Gasteiger partial charge >= 0.3 is 0 Å². The fraction of sp³-hybridized carbons (Fsp3) is 0.250. The van der Waals surface area contributed by atoms with Gasteiger partial charge in [-0.15, -0.1) is 0 Å².